The number of ketones is 2. The molecular weight excluding hydrogens is 607 g/mol. The zero-order valence-corrected chi connectivity index (χ0v) is 24.9. The standard InChI is InChI=1S/2C13H10O2.C12H8N2.Co/c2*14-12-9-5-4-8-11(12)13(15)10-6-2-1-3-7-10;1-3-9-5-6-10-4-2-8-14-12(10)11(9)13-7-1;/h2*1-9,14H;1-8H;/q;;;+2/p-2. The van der Waals surface area contributed by atoms with Crippen molar-refractivity contribution in [2.24, 2.45) is 0 Å². The average molecular weight is 634 g/mol. The summed E-state index contributed by atoms with van der Waals surface area (Å²) in [5.74, 6) is -0.903. The molecule has 7 aromatic rings. The molecule has 7 heteroatoms. The van der Waals surface area contributed by atoms with Crippen molar-refractivity contribution < 1.29 is 36.6 Å². The molecule has 0 saturated heterocycles. The van der Waals surface area contributed by atoms with Gasteiger partial charge in [0.25, 0.3) is 0 Å². The topological polar surface area (TPSA) is 106 Å². The summed E-state index contributed by atoms with van der Waals surface area (Å²) in [6, 6.07) is 42.3. The molecule has 0 aliphatic rings. The van der Waals surface area contributed by atoms with Gasteiger partial charge >= 0.3 is 16.8 Å². The third kappa shape index (κ3) is 8.06. The summed E-state index contributed by atoms with van der Waals surface area (Å²) in [6.45, 7) is 0. The third-order valence-electron chi connectivity index (χ3n) is 6.68. The van der Waals surface area contributed by atoms with Gasteiger partial charge in [-0.2, -0.15) is 0 Å². The number of pyridine rings is 2. The molecule has 0 atom stereocenters. The molecule has 0 spiro atoms. The second-order valence-corrected chi connectivity index (χ2v) is 9.60. The van der Waals surface area contributed by atoms with Crippen LogP contribution in [0.1, 0.15) is 31.8 Å². The molecule has 5 aromatic carbocycles. The van der Waals surface area contributed by atoms with E-state index in [0.717, 1.165) is 21.8 Å². The van der Waals surface area contributed by atoms with Gasteiger partial charge in [-0.05, 0) is 12.1 Å². The fourth-order valence-corrected chi connectivity index (χ4v) is 4.48. The molecule has 221 valence electrons. The first-order chi connectivity index (χ1) is 21.5. The van der Waals surface area contributed by atoms with E-state index in [9.17, 15) is 19.8 Å². The number of fused-ring (bicyclic) bond motifs is 3. The predicted molar refractivity (Wildman–Crippen MR) is 169 cm³/mol. The Balaban J connectivity index is 0.000000152. The second kappa shape index (κ2) is 15.7. The number of aromatic nitrogens is 2. The number of hydrogen-bond donors (Lipinski definition) is 0. The number of benzene rings is 5. The third-order valence-corrected chi connectivity index (χ3v) is 6.68. The molecule has 2 heterocycles. The molecule has 0 fully saturated rings. The Morgan fingerprint density at radius 2 is 0.778 bits per heavy atom. The first-order valence-electron chi connectivity index (χ1n) is 13.8. The minimum absolute atomic E-state index is 0. The predicted octanol–water partition coefficient (Wildman–Crippen LogP) is 6.76. The summed E-state index contributed by atoms with van der Waals surface area (Å²) in [4.78, 5) is 32.4. The number of rotatable bonds is 4. The van der Waals surface area contributed by atoms with Crippen LogP contribution in [-0.2, 0) is 16.8 Å². The summed E-state index contributed by atoms with van der Waals surface area (Å²) < 4.78 is 0. The molecule has 2 aromatic heterocycles. The molecular formula is C38H26CoN2O4. The van der Waals surface area contributed by atoms with Crippen molar-refractivity contribution in [3.63, 3.8) is 0 Å². The van der Waals surface area contributed by atoms with Crippen LogP contribution in [0.4, 0.5) is 0 Å². The van der Waals surface area contributed by atoms with Crippen LogP contribution in [0.3, 0.4) is 0 Å². The van der Waals surface area contributed by atoms with Gasteiger partial charge in [-0.3, -0.25) is 19.6 Å². The van der Waals surface area contributed by atoms with Crippen molar-refractivity contribution >= 4 is 33.4 Å². The molecule has 0 saturated carbocycles. The SMILES string of the molecule is O=C(c1ccccc1)c1ccccc1[O-].O=C(c1ccccc1)c1ccccc1[O-].[Co+2].c1cnc2c(c1)ccc1cccnc12. The number of carbonyl (C=O) groups excluding carboxylic acids is 2. The summed E-state index contributed by atoms with van der Waals surface area (Å²) in [6.07, 6.45) is 3.60. The summed E-state index contributed by atoms with van der Waals surface area (Å²) in [7, 11) is 0. The van der Waals surface area contributed by atoms with Crippen LogP contribution < -0.4 is 10.2 Å². The maximum atomic E-state index is 11.9. The molecule has 45 heavy (non-hydrogen) atoms. The largest absolute Gasteiger partial charge is 2.00 e. The number of hydrogen-bond acceptors (Lipinski definition) is 6. The molecule has 0 aliphatic carbocycles. The Kier molecular flexibility index (Phi) is 11.3. The van der Waals surface area contributed by atoms with Crippen molar-refractivity contribution in [2.45, 2.75) is 0 Å². The fourth-order valence-electron chi connectivity index (χ4n) is 4.48. The molecule has 0 aliphatic heterocycles. The average Bonchev–Trinajstić information content (AvgIpc) is 3.09. The molecule has 0 amide bonds. The molecule has 1 radical (unpaired) electrons. The Bertz CT molecular complexity index is 1890. The van der Waals surface area contributed by atoms with Crippen LogP contribution in [0.2, 0.25) is 0 Å². The minimum Gasteiger partial charge on any atom is -0.872 e. The first-order valence-corrected chi connectivity index (χ1v) is 13.8. The van der Waals surface area contributed by atoms with Crippen molar-refractivity contribution in [2.75, 3.05) is 0 Å². The smallest absolute Gasteiger partial charge is 0.872 e. The molecule has 0 unspecified atom stereocenters. The summed E-state index contributed by atoms with van der Waals surface area (Å²) >= 11 is 0. The Morgan fingerprint density at radius 3 is 1.16 bits per heavy atom. The van der Waals surface area contributed by atoms with Crippen molar-refractivity contribution in [3.05, 3.63) is 180 Å². The normalized spacial score (nSPS) is 9.96. The number of nitrogens with zero attached hydrogens (tertiary/aromatic N) is 2. The van der Waals surface area contributed by atoms with Gasteiger partial charge < -0.3 is 10.2 Å². The van der Waals surface area contributed by atoms with E-state index in [1.165, 1.54) is 12.1 Å². The molecule has 0 N–H and O–H groups in total. The van der Waals surface area contributed by atoms with Crippen molar-refractivity contribution in [1.29, 1.82) is 0 Å². The minimum atomic E-state index is -0.230. The van der Waals surface area contributed by atoms with Gasteiger partial charge in [-0.1, -0.05) is 145 Å². The Morgan fingerprint density at radius 1 is 0.422 bits per heavy atom. The molecule has 0 bridgehead atoms. The Hall–Kier alpha value is -5.63. The van der Waals surface area contributed by atoms with E-state index in [-0.39, 0.29) is 51.0 Å². The van der Waals surface area contributed by atoms with E-state index < -0.39 is 0 Å². The van der Waals surface area contributed by atoms with E-state index in [2.05, 4.69) is 34.2 Å². The van der Waals surface area contributed by atoms with Crippen LogP contribution in [0.15, 0.2) is 158 Å². The first kappa shape index (κ1) is 32.3. The zero-order chi connectivity index (χ0) is 30.7. The van der Waals surface area contributed by atoms with Crippen molar-refractivity contribution in [1.82, 2.24) is 9.97 Å². The van der Waals surface area contributed by atoms with Crippen LogP contribution in [0.25, 0.3) is 21.8 Å². The fraction of sp³-hybridized carbons (Fsp3) is 0. The van der Waals surface area contributed by atoms with Gasteiger partial charge in [0.15, 0.2) is 11.6 Å². The molecule has 7 rings (SSSR count). The molecule has 6 nitrogen and oxygen atoms in total. The van der Waals surface area contributed by atoms with E-state index in [4.69, 9.17) is 0 Å². The monoisotopic (exact) mass is 633 g/mol. The van der Waals surface area contributed by atoms with Gasteiger partial charge in [0.05, 0.1) is 11.0 Å². The van der Waals surface area contributed by atoms with E-state index in [1.807, 2.05) is 24.3 Å². The van der Waals surface area contributed by atoms with Crippen LogP contribution in [0, 0.1) is 0 Å². The zero-order valence-electron chi connectivity index (χ0n) is 23.9. The van der Waals surface area contributed by atoms with Gasteiger partial charge in [0.1, 0.15) is 0 Å². The quantitative estimate of drug-likeness (QED) is 0.157. The number of para-hydroxylation sites is 2. The van der Waals surface area contributed by atoms with E-state index in [1.54, 1.807) is 97.3 Å². The van der Waals surface area contributed by atoms with Gasteiger partial charge in [0.2, 0.25) is 0 Å². The maximum Gasteiger partial charge on any atom is 2.00 e. The van der Waals surface area contributed by atoms with E-state index in [0.29, 0.717) is 11.1 Å². The maximum absolute atomic E-state index is 11.9. The second-order valence-electron chi connectivity index (χ2n) is 9.60. The van der Waals surface area contributed by atoms with Crippen LogP contribution >= 0.6 is 0 Å². The van der Waals surface area contributed by atoms with Crippen molar-refractivity contribution in [3.8, 4) is 11.5 Å². The summed E-state index contributed by atoms with van der Waals surface area (Å²) in [5, 5.41) is 25.1. The van der Waals surface area contributed by atoms with Crippen LogP contribution in [-0.4, -0.2) is 21.5 Å². The number of carbonyl (C=O) groups is 2. The van der Waals surface area contributed by atoms with Crippen LogP contribution in [0.5, 0.6) is 11.5 Å². The van der Waals surface area contributed by atoms with Gasteiger partial charge in [0, 0.05) is 45.4 Å². The summed E-state index contributed by atoms with van der Waals surface area (Å²) in [5.41, 5.74) is 3.49. The van der Waals surface area contributed by atoms with E-state index >= 15 is 0 Å². The van der Waals surface area contributed by atoms with Gasteiger partial charge in [-0.15, -0.1) is 0 Å². The Labute approximate surface area is 270 Å². The van der Waals surface area contributed by atoms with Gasteiger partial charge in [-0.25, -0.2) is 0 Å².